The van der Waals surface area contributed by atoms with Crippen LogP contribution in [0.3, 0.4) is 0 Å². The standard InChI is InChI=1S/C11H17NO4S/c1-8(12-17(4,13)14)9-5-6-10(15-2)11(7-9)16-3/h5-8,12H,1-4H3/t8-/m0/s1. The van der Waals surface area contributed by atoms with Crippen molar-refractivity contribution in [2.24, 2.45) is 0 Å². The van der Waals surface area contributed by atoms with E-state index in [0.29, 0.717) is 11.5 Å². The molecule has 0 amide bonds. The van der Waals surface area contributed by atoms with Gasteiger partial charge in [0.2, 0.25) is 10.0 Å². The van der Waals surface area contributed by atoms with Crippen molar-refractivity contribution in [1.82, 2.24) is 4.72 Å². The maximum Gasteiger partial charge on any atom is 0.209 e. The lowest BCUT2D eigenvalue weighted by molar-refractivity contribution is 0.354. The van der Waals surface area contributed by atoms with Gasteiger partial charge in [-0.2, -0.15) is 0 Å². The molecular weight excluding hydrogens is 242 g/mol. The van der Waals surface area contributed by atoms with E-state index in [1.54, 1.807) is 32.2 Å². The molecule has 0 bridgehead atoms. The van der Waals surface area contributed by atoms with Crippen molar-refractivity contribution < 1.29 is 17.9 Å². The fourth-order valence-electron chi connectivity index (χ4n) is 1.51. The highest BCUT2D eigenvalue weighted by Crippen LogP contribution is 2.29. The molecule has 0 spiro atoms. The molecule has 1 rings (SSSR count). The van der Waals surface area contributed by atoms with Gasteiger partial charge in [-0.1, -0.05) is 6.07 Å². The average molecular weight is 259 g/mol. The molecule has 1 atom stereocenters. The molecule has 0 aliphatic rings. The van der Waals surface area contributed by atoms with Crippen molar-refractivity contribution >= 4 is 10.0 Å². The molecule has 5 nitrogen and oxygen atoms in total. The Hall–Kier alpha value is -1.27. The first-order chi connectivity index (χ1) is 7.87. The van der Waals surface area contributed by atoms with Crippen LogP contribution in [-0.4, -0.2) is 28.9 Å². The Morgan fingerprint density at radius 2 is 1.76 bits per heavy atom. The lowest BCUT2D eigenvalue weighted by Crippen LogP contribution is -2.25. The lowest BCUT2D eigenvalue weighted by Gasteiger charge is -2.15. The molecule has 6 heteroatoms. The van der Waals surface area contributed by atoms with Crippen LogP contribution in [0.1, 0.15) is 18.5 Å². The van der Waals surface area contributed by atoms with E-state index in [2.05, 4.69) is 4.72 Å². The van der Waals surface area contributed by atoms with Crippen LogP contribution in [0.2, 0.25) is 0 Å². The second kappa shape index (κ2) is 5.37. The van der Waals surface area contributed by atoms with Crippen molar-refractivity contribution in [2.75, 3.05) is 20.5 Å². The summed E-state index contributed by atoms with van der Waals surface area (Å²) in [4.78, 5) is 0. The van der Waals surface area contributed by atoms with Gasteiger partial charge in [-0.15, -0.1) is 0 Å². The molecule has 1 N–H and O–H groups in total. The molecule has 0 aliphatic heterocycles. The largest absolute Gasteiger partial charge is 0.493 e. The number of benzene rings is 1. The van der Waals surface area contributed by atoms with Crippen LogP contribution in [0, 0.1) is 0 Å². The number of sulfonamides is 1. The van der Waals surface area contributed by atoms with E-state index < -0.39 is 10.0 Å². The summed E-state index contributed by atoms with van der Waals surface area (Å²) in [5.74, 6) is 1.19. The third kappa shape index (κ3) is 3.90. The zero-order chi connectivity index (χ0) is 13.1. The predicted octanol–water partition coefficient (Wildman–Crippen LogP) is 1.31. The second-order valence-corrected chi connectivity index (χ2v) is 5.51. The summed E-state index contributed by atoms with van der Waals surface area (Å²) in [6.45, 7) is 1.77. The zero-order valence-electron chi connectivity index (χ0n) is 10.4. The van der Waals surface area contributed by atoms with Gasteiger partial charge in [-0.05, 0) is 24.6 Å². The third-order valence-electron chi connectivity index (χ3n) is 2.30. The summed E-state index contributed by atoms with van der Waals surface area (Å²) < 4.78 is 35.0. The number of ether oxygens (including phenoxy) is 2. The molecule has 0 radical (unpaired) electrons. The quantitative estimate of drug-likeness (QED) is 0.866. The molecular formula is C11H17NO4S. The maximum atomic E-state index is 11.1. The molecule has 0 aliphatic carbocycles. The highest BCUT2D eigenvalue weighted by atomic mass is 32.2. The third-order valence-corrected chi connectivity index (χ3v) is 3.08. The Kier molecular flexibility index (Phi) is 4.36. The Morgan fingerprint density at radius 3 is 2.24 bits per heavy atom. The van der Waals surface area contributed by atoms with Gasteiger partial charge in [0.1, 0.15) is 0 Å². The Bertz CT molecular complexity index is 484. The molecule has 0 heterocycles. The summed E-state index contributed by atoms with van der Waals surface area (Å²) in [7, 11) is -0.140. The van der Waals surface area contributed by atoms with E-state index in [-0.39, 0.29) is 6.04 Å². The summed E-state index contributed by atoms with van der Waals surface area (Å²) in [6, 6.07) is 4.98. The normalized spacial score (nSPS) is 13.2. The first-order valence-corrected chi connectivity index (χ1v) is 6.95. The molecule has 17 heavy (non-hydrogen) atoms. The molecule has 0 aromatic heterocycles. The zero-order valence-corrected chi connectivity index (χ0v) is 11.2. The number of hydrogen-bond donors (Lipinski definition) is 1. The number of rotatable bonds is 5. The average Bonchev–Trinajstić information content (AvgIpc) is 2.25. The van der Waals surface area contributed by atoms with Crippen LogP contribution in [0.15, 0.2) is 18.2 Å². The summed E-state index contributed by atoms with van der Waals surface area (Å²) >= 11 is 0. The first kappa shape index (κ1) is 13.8. The molecule has 96 valence electrons. The van der Waals surface area contributed by atoms with Crippen molar-refractivity contribution in [3.8, 4) is 11.5 Å². The summed E-state index contributed by atoms with van der Waals surface area (Å²) in [5, 5.41) is 0. The first-order valence-electron chi connectivity index (χ1n) is 5.06. The minimum Gasteiger partial charge on any atom is -0.493 e. The van der Waals surface area contributed by atoms with Crippen LogP contribution in [0.5, 0.6) is 11.5 Å². The van der Waals surface area contributed by atoms with Gasteiger partial charge in [0.15, 0.2) is 11.5 Å². The monoisotopic (exact) mass is 259 g/mol. The Balaban J connectivity index is 2.99. The molecule has 0 unspecified atom stereocenters. The van der Waals surface area contributed by atoms with Crippen molar-refractivity contribution in [1.29, 1.82) is 0 Å². The lowest BCUT2D eigenvalue weighted by atomic mass is 10.1. The van der Waals surface area contributed by atoms with Crippen molar-refractivity contribution in [3.63, 3.8) is 0 Å². The van der Waals surface area contributed by atoms with E-state index in [0.717, 1.165) is 11.8 Å². The van der Waals surface area contributed by atoms with Gasteiger partial charge in [0.05, 0.1) is 20.5 Å². The van der Waals surface area contributed by atoms with Gasteiger partial charge >= 0.3 is 0 Å². The highest BCUT2D eigenvalue weighted by Gasteiger charge is 2.13. The molecule has 1 aromatic carbocycles. The van der Waals surface area contributed by atoms with E-state index in [9.17, 15) is 8.42 Å². The minimum absolute atomic E-state index is 0.315. The van der Waals surface area contributed by atoms with E-state index >= 15 is 0 Å². The SMILES string of the molecule is COc1ccc([C@H](C)NS(C)(=O)=O)cc1OC. The summed E-state index contributed by atoms with van der Waals surface area (Å²) in [5.41, 5.74) is 0.813. The van der Waals surface area contributed by atoms with Gasteiger partial charge in [0.25, 0.3) is 0 Å². The highest BCUT2D eigenvalue weighted by molar-refractivity contribution is 7.88. The number of methoxy groups -OCH3 is 2. The fourth-order valence-corrected chi connectivity index (χ4v) is 2.29. The van der Waals surface area contributed by atoms with Crippen molar-refractivity contribution in [2.45, 2.75) is 13.0 Å². The fraction of sp³-hybridized carbons (Fsp3) is 0.455. The van der Waals surface area contributed by atoms with E-state index in [1.807, 2.05) is 0 Å². The molecule has 0 saturated heterocycles. The predicted molar refractivity (Wildman–Crippen MR) is 65.9 cm³/mol. The second-order valence-electron chi connectivity index (χ2n) is 3.73. The van der Waals surface area contributed by atoms with E-state index in [1.165, 1.54) is 7.11 Å². The Labute approximate surface area is 102 Å². The van der Waals surface area contributed by atoms with Gasteiger partial charge < -0.3 is 9.47 Å². The molecule has 1 aromatic rings. The van der Waals surface area contributed by atoms with Crippen LogP contribution in [0.25, 0.3) is 0 Å². The molecule has 0 saturated carbocycles. The number of hydrogen-bond acceptors (Lipinski definition) is 4. The van der Waals surface area contributed by atoms with Crippen molar-refractivity contribution in [3.05, 3.63) is 23.8 Å². The van der Waals surface area contributed by atoms with Gasteiger partial charge in [-0.25, -0.2) is 13.1 Å². The van der Waals surface area contributed by atoms with Crippen LogP contribution >= 0.6 is 0 Å². The van der Waals surface area contributed by atoms with E-state index in [4.69, 9.17) is 9.47 Å². The maximum absolute atomic E-state index is 11.1. The smallest absolute Gasteiger partial charge is 0.209 e. The molecule has 0 fully saturated rings. The number of nitrogens with one attached hydrogen (secondary N) is 1. The van der Waals surface area contributed by atoms with Crippen LogP contribution < -0.4 is 14.2 Å². The minimum atomic E-state index is -3.23. The van der Waals surface area contributed by atoms with Gasteiger partial charge in [0, 0.05) is 6.04 Å². The Morgan fingerprint density at radius 1 is 1.18 bits per heavy atom. The van der Waals surface area contributed by atoms with Crippen LogP contribution in [0.4, 0.5) is 0 Å². The van der Waals surface area contributed by atoms with Crippen LogP contribution in [-0.2, 0) is 10.0 Å². The topological polar surface area (TPSA) is 64.6 Å². The van der Waals surface area contributed by atoms with Gasteiger partial charge in [-0.3, -0.25) is 0 Å². The summed E-state index contributed by atoms with van der Waals surface area (Å²) in [6.07, 6.45) is 1.13.